The van der Waals surface area contributed by atoms with Crippen molar-refractivity contribution in [1.82, 2.24) is 0 Å². The highest BCUT2D eigenvalue weighted by Crippen LogP contribution is 2.37. The van der Waals surface area contributed by atoms with E-state index >= 15 is 0 Å². The highest BCUT2D eigenvalue weighted by Gasteiger charge is 2.49. The minimum absolute atomic E-state index is 0.107. The Hall–Kier alpha value is 0.0969. The molecule has 0 aromatic rings. The Morgan fingerprint density at radius 3 is 1.67 bits per heavy atom. The van der Waals surface area contributed by atoms with Crippen LogP contribution in [-0.4, -0.2) is 27.1 Å². The van der Waals surface area contributed by atoms with Crippen molar-refractivity contribution in [3.8, 4) is 0 Å². The molecule has 4 heteroatoms. The fourth-order valence-corrected chi connectivity index (χ4v) is 7.10. The lowest BCUT2D eigenvalue weighted by molar-refractivity contribution is -0.0782. The fraction of sp³-hybridized carbons (Fsp3) is 1.00. The van der Waals surface area contributed by atoms with Gasteiger partial charge in [0, 0.05) is 13.2 Å². The van der Waals surface area contributed by atoms with Gasteiger partial charge in [0.25, 0.3) is 0 Å². The molecule has 0 rings (SSSR count). The van der Waals surface area contributed by atoms with Gasteiger partial charge in [0.05, 0.1) is 11.2 Å². The number of hydrogen-bond donors (Lipinski definition) is 0. The summed E-state index contributed by atoms with van der Waals surface area (Å²) in [6.07, 6.45) is 13.6. The first kappa shape index (κ1) is 27.1. The molecule has 2 unspecified atom stereocenters. The van der Waals surface area contributed by atoms with Gasteiger partial charge < -0.3 is 13.3 Å². The Balaban J connectivity index is 5.65. The van der Waals surface area contributed by atoms with Crippen LogP contribution in [0, 0.1) is 0 Å². The van der Waals surface area contributed by atoms with Crippen LogP contribution in [0.3, 0.4) is 0 Å². The van der Waals surface area contributed by atoms with Gasteiger partial charge in [0.1, 0.15) is 0 Å². The largest absolute Gasteiger partial charge is 0.501 e. The SMILES string of the molecule is CCCCC[Si](OC)(OC(C)(CC)CCCC)OC(CC)(CC)CCCC. The fourth-order valence-electron chi connectivity index (χ4n) is 3.75. The van der Waals surface area contributed by atoms with Crippen LogP contribution in [0.1, 0.15) is 126 Å². The van der Waals surface area contributed by atoms with Crippen molar-refractivity contribution in [3.05, 3.63) is 0 Å². The third-order valence-electron chi connectivity index (χ3n) is 6.25. The normalized spacial score (nSPS) is 16.9. The zero-order valence-corrected chi connectivity index (χ0v) is 20.9. The van der Waals surface area contributed by atoms with E-state index in [1.54, 1.807) is 0 Å². The van der Waals surface area contributed by atoms with Gasteiger partial charge in [0.2, 0.25) is 0 Å². The smallest absolute Gasteiger partial charge is 0.377 e. The average molecular weight is 403 g/mol. The lowest BCUT2D eigenvalue weighted by atomic mass is 9.91. The first-order valence-corrected chi connectivity index (χ1v) is 13.7. The molecule has 0 aliphatic rings. The molecule has 0 amide bonds. The second-order valence-corrected chi connectivity index (χ2v) is 11.1. The van der Waals surface area contributed by atoms with Crippen LogP contribution in [0.5, 0.6) is 0 Å². The molecule has 0 fully saturated rings. The molecule has 0 heterocycles. The third kappa shape index (κ3) is 9.43. The van der Waals surface area contributed by atoms with Gasteiger partial charge in [-0.05, 0) is 45.4 Å². The summed E-state index contributed by atoms with van der Waals surface area (Å²) in [6, 6.07) is 0.937. The zero-order valence-electron chi connectivity index (χ0n) is 19.9. The Bertz CT molecular complexity index is 360. The second-order valence-electron chi connectivity index (χ2n) is 8.45. The van der Waals surface area contributed by atoms with Gasteiger partial charge in [-0.3, -0.25) is 0 Å². The predicted octanol–water partition coefficient (Wildman–Crippen LogP) is 7.90. The van der Waals surface area contributed by atoms with Crippen molar-refractivity contribution in [3.63, 3.8) is 0 Å². The summed E-state index contributed by atoms with van der Waals surface area (Å²) in [7, 11) is -0.917. The van der Waals surface area contributed by atoms with Crippen molar-refractivity contribution in [2.24, 2.45) is 0 Å². The number of rotatable bonds is 18. The summed E-state index contributed by atoms with van der Waals surface area (Å²) in [4.78, 5) is 0. The maximum absolute atomic E-state index is 6.99. The van der Waals surface area contributed by atoms with E-state index in [-0.39, 0.29) is 11.2 Å². The highest BCUT2D eigenvalue weighted by molar-refractivity contribution is 6.60. The Labute approximate surface area is 172 Å². The maximum atomic E-state index is 6.99. The van der Waals surface area contributed by atoms with E-state index in [0.717, 1.165) is 44.6 Å². The van der Waals surface area contributed by atoms with E-state index in [1.807, 2.05) is 7.11 Å². The van der Waals surface area contributed by atoms with Crippen molar-refractivity contribution in [2.75, 3.05) is 7.11 Å². The molecule has 164 valence electrons. The Kier molecular flexibility index (Phi) is 14.2. The molecule has 2 atom stereocenters. The summed E-state index contributed by atoms with van der Waals surface area (Å²) in [5, 5.41) is 0. The van der Waals surface area contributed by atoms with Gasteiger partial charge in [-0.2, -0.15) is 0 Å². The molecule has 27 heavy (non-hydrogen) atoms. The van der Waals surface area contributed by atoms with Crippen molar-refractivity contribution >= 4 is 8.80 Å². The first-order valence-electron chi connectivity index (χ1n) is 11.8. The first-order chi connectivity index (χ1) is 12.8. The van der Waals surface area contributed by atoms with E-state index in [1.165, 1.54) is 38.5 Å². The third-order valence-corrected chi connectivity index (χ3v) is 9.39. The molecule has 0 radical (unpaired) electrons. The molecule has 0 bridgehead atoms. The van der Waals surface area contributed by atoms with Gasteiger partial charge in [-0.25, -0.2) is 0 Å². The topological polar surface area (TPSA) is 27.7 Å². The highest BCUT2D eigenvalue weighted by atomic mass is 28.4. The van der Waals surface area contributed by atoms with Crippen LogP contribution in [-0.2, 0) is 13.3 Å². The summed E-state index contributed by atoms with van der Waals surface area (Å²) in [5.41, 5.74) is -0.258. The van der Waals surface area contributed by atoms with E-state index in [4.69, 9.17) is 13.3 Å². The van der Waals surface area contributed by atoms with E-state index in [9.17, 15) is 0 Å². The van der Waals surface area contributed by atoms with Crippen LogP contribution >= 0.6 is 0 Å². The molecule has 0 saturated carbocycles. The summed E-state index contributed by atoms with van der Waals surface area (Å²) in [6.45, 7) is 15.8. The summed E-state index contributed by atoms with van der Waals surface area (Å²) in [5.74, 6) is 0. The molecule has 0 aliphatic heterocycles. The summed E-state index contributed by atoms with van der Waals surface area (Å²) < 4.78 is 20.1. The minimum Gasteiger partial charge on any atom is -0.377 e. The number of hydrogen-bond acceptors (Lipinski definition) is 3. The molecule has 0 saturated heterocycles. The standard InChI is InChI=1S/C23H50O3Si/c1-9-15-18-21-27(24-8,25-22(7,12-4)19-16-10-2)26-23(13-5,14-6)20-17-11-3/h9-21H2,1-8H3. The zero-order chi connectivity index (χ0) is 20.8. The molecular formula is C23H50O3Si. The molecular weight excluding hydrogens is 352 g/mol. The molecule has 0 aromatic heterocycles. The van der Waals surface area contributed by atoms with Crippen LogP contribution in [0.25, 0.3) is 0 Å². The molecule has 0 N–H and O–H groups in total. The van der Waals surface area contributed by atoms with Crippen molar-refractivity contribution in [2.45, 2.75) is 143 Å². The van der Waals surface area contributed by atoms with Gasteiger partial charge in [-0.15, -0.1) is 0 Å². The quantitative estimate of drug-likeness (QED) is 0.172. The van der Waals surface area contributed by atoms with Gasteiger partial charge in [0.15, 0.2) is 0 Å². The van der Waals surface area contributed by atoms with Crippen LogP contribution in [0.2, 0.25) is 6.04 Å². The molecule has 0 aromatic carbocycles. The van der Waals surface area contributed by atoms with Crippen molar-refractivity contribution < 1.29 is 13.3 Å². The van der Waals surface area contributed by atoms with E-state index < -0.39 is 8.80 Å². The van der Waals surface area contributed by atoms with Crippen LogP contribution in [0.4, 0.5) is 0 Å². The lowest BCUT2D eigenvalue weighted by Gasteiger charge is -2.44. The summed E-state index contributed by atoms with van der Waals surface area (Å²) >= 11 is 0. The van der Waals surface area contributed by atoms with Gasteiger partial charge in [-0.1, -0.05) is 80.1 Å². The lowest BCUT2D eigenvalue weighted by Crippen LogP contribution is -2.56. The molecule has 0 spiro atoms. The average Bonchev–Trinajstić information content (AvgIpc) is 2.69. The number of unbranched alkanes of at least 4 members (excludes halogenated alkanes) is 4. The molecule has 0 aliphatic carbocycles. The molecule has 3 nitrogen and oxygen atoms in total. The van der Waals surface area contributed by atoms with Gasteiger partial charge >= 0.3 is 8.80 Å². The predicted molar refractivity (Wildman–Crippen MR) is 120 cm³/mol. The monoisotopic (exact) mass is 402 g/mol. The van der Waals surface area contributed by atoms with E-state index in [2.05, 4.69) is 48.5 Å². The van der Waals surface area contributed by atoms with Crippen molar-refractivity contribution in [1.29, 1.82) is 0 Å². The van der Waals surface area contributed by atoms with E-state index in [0.29, 0.717) is 0 Å². The minimum atomic E-state index is -2.74. The Morgan fingerprint density at radius 1 is 0.667 bits per heavy atom. The second kappa shape index (κ2) is 14.1. The Morgan fingerprint density at radius 2 is 1.22 bits per heavy atom. The maximum Gasteiger partial charge on any atom is 0.501 e. The van der Waals surface area contributed by atoms with Crippen LogP contribution < -0.4 is 0 Å². The van der Waals surface area contributed by atoms with Crippen LogP contribution in [0.15, 0.2) is 0 Å².